The zero-order valence-electron chi connectivity index (χ0n) is 20.3. The number of nitrogens with one attached hydrogen (secondary N) is 2. The highest BCUT2D eigenvalue weighted by atomic mass is 14.8. The van der Waals surface area contributed by atoms with E-state index in [9.17, 15) is 5.26 Å². The molecule has 2 N–H and O–H groups in total. The average molecular weight is 488 g/mol. The third-order valence-electron chi connectivity index (χ3n) is 6.76. The molecule has 0 fully saturated rings. The molecule has 0 atom stereocenters. The molecule has 2 aliphatic rings. The van der Waals surface area contributed by atoms with E-state index in [1.807, 2.05) is 60.7 Å². The smallest absolute Gasteiger partial charge is 0.0991 e. The average Bonchev–Trinajstić information content (AvgIpc) is 3.76. The fourth-order valence-electron chi connectivity index (χ4n) is 5.00. The molecule has 7 rings (SSSR count). The Labute approximate surface area is 219 Å². The SMILES string of the molecule is N#Cc1ccc(-c2c3nc(c(-c4ccccc4)c4ccc(cc5nc(cc6ccc2[nH]6)C=C5)[nH]4)C=C3)cc1. The van der Waals surface area contributed by atoms with Gasteiger partial charge in [0.05, 0.1) is 34.4 Å². The fourth-order valence-corrected chi connectivity index (χ4v) is 5.00. The molecule has 2 aromatic carbocycles. The number of aromatic nitrogens is 4. The highest BCUT2D eigenvalue weighted by Crippen LogP contribution is 2.34. The van der Waals surface area contributed by atoms with Crippen molar-refractivity contribution in [3.05, 3.63) is 119 Å². The van der Waals surface area contributed by atoms with Gasteiger partial charge in [-0.25, -0.2) is 9.97 Å². The van der Waals surface area contributed by atoms with E-state index in [0.29, 0.717) is 5.56 Å². The Kier molecular flexibility index (Phi) is 5.09. The summed E-state index contributed by atoms with van der Waals surface area (Å²) in [5.41, 5.74) is 12.0. The van der Waals surface area contributed by atoms with Gasteiger partial charge in [-0.3, -0.25) is 0 Å². The summed E-state index contributed by atoms with van der Waals surface area (Å²) in [6, 6.07) is 32.5. The molecule has 5 heterocycles. The Morgan fingerprint density at radius 1 is 0.553 bits per heavy atom. The summed E-state index contributed by atoms with van der Waals surface area (Å²) in [4.78, 5) is 17.1. The molecular weight excluding hydrogens is 466 g/mol. The van der Waals surface area contributed by atoms with Crippen molar-refractivity contribution in [1.29, 1.82) is 5.26 Å². The van der Waals surface area contributed by atoms with Gasteiger partial charge in [0, 0.05) is 33.2 Å². The molecule has 8 bridgehead atoms. The summed E-state index contributed by atoms with van der Waals surface area (Å²) in [5, 5.41) is 9.32. The molecule has 0 aliphatic carbocycles. The van der Waals surface area contributed by atoms with Crippen LogP contribution in [0.4, 0.5) is 0 Å². The van der Waals surface area contributed by atoms with Gasteiger partial charge in [0.1, 0.15) is 0 Å². The normalized spacial score (nSPS) is 12.0. The lowest BCUT2D eigenvalue weighted by Crippen LogP contribution is -1.88. The Balaban J connectivity index is 1.62. The summed E-state index contributed by atoms with van der Waals surface area (Å²) in [6.45, 7) is 0. The third-order valence-corrected chi connectivity index (χ3v) is 6.76. The molecule has 3 aromatic heterocycles. The second-order valence-corrected chi connectivity index (χ2v) is 9.26. The summed E-state index contributed by atoms with van der Waals surface area (Å²) in [5.74, 6) is 0. The highest BCUT2D eigenvalue weighted by Gasteiger charge is 2.15. The first-order chi connectivity index (χ1) is 18.7. The molecule has 5 heteroatoms. The van der Waals surface area contributed by atoms with E-state index in [4.69, 9.17) is 9.97 Å². The van der Waals surface area contributed by atoms with Gasteiger partial charge in [-0.15, -0.1) is 0 Å². The van der Waals surface area contributed by atoms with Crippen molar-refractivity contribution in [1.82, 2.24) is 19.9 Å². The molecule has 0 saturated heterocycles. The minimum atomic E-state index is 0.622. The van der Waals surface area contributed by atoms with Crippen molar-refractivity contribution < 1.29 is 0 Å². The standard InChI is InChI=1S/C33H21N5/c34-20-21-6-8-23(9-7-21)33-29-15-13-27(37-29)19-25-11-10-24(35-25)18-26-12-14-28(36-26)32(22-4-2-1-3-5-22)30-16-17-31(33)38-30/h1-19,36-37H. The molecule has 2 aliphatic heterocycles. The highest BCUT2D eigenvalue weighted by molar-refractivity contribution is 5.95. The van der Waals surface area contributed by atoms with Crippen LogP contribution in [0.25, 0.3) is 68.6 Å². The van der Waals surface area contributed by atoms with Gasteiger partial charge in [-0.1, -0.05) is 42.5 Å². The Morgan fingerprint density at radius 3 is 1.66 bits per heavy atom. The first kappa shape index (κ1) is 21.8. The zero-order valence-corrected chi connectivity index (χ0v) is 20.3. The minimum Gasteiger partial charge on any atom is -0.355 e. The van der Waals surface area contributed by atoms with Crippen LogP contribution in [0.1, 0.15) is 28.3 Å². The van der Waals surface area contributed by atoms with Crippen LogP contribution in [-0.2, 0) is 0 Å². The van der Waals surface area contributed by atoms with Crippen LogP contribution >= 0.6 is 0 Å². The number of nitrogens with zero attached hydrogens (tertiary/aromatic N) is 3. The topological polar surface area (TPSA) is 81.2 Å². The van der Waals surface area contributed by atoms with Gasteiger partial charge < -0.3 is 9.97 Å². The summed E-state index contributed by atoms with van der Waals surface area (Å²) in [7, 11) is 0. The van der Waals surface area contributed by atoms with Crippen LogP contribution in [0.5, 0.6) is 0 Å². The molecule has 5 nitrogen and oxygen atoms in total. The lowest BCUT2D eigenvalue weighted by molar-refractivity contribution is 1.31. The number of rotatable bonds is 2. The maximum Gasteiger partial charge on any atom is 0.0991 e. The third kappa shape index (κ3) is 3.91. The van der Waals surface area contributed by atoms with Crippen LogP contribution in [0, 0.1) is 11.3 Å². The van der Waals surface area contributed by atoms with E-state index >= 15 is 0 Å². The van der Waals surface area contributed by atoms with Crippen molar-refractivity contribution in [3.8, 4) is 28.3 Å². The molecule has 38 heavy (non-hydrogen) atoms. The van der Waals surface area contributed by atoms with Gasteiger partial charge in [-0.05, 0) is 84.0 Å². The zero-order chi connectivity index (χ0) is 25.5. The Bertz CT molecular complexity index is 1960. The molecule has 0 spiro atoms. The van der Waals surface area contributed by atoms with Gasteiger partial charge in [0.2, 0.25) is 0 Å². The molecular formula is C33H21N5. The summed E-state index contributed by atoms with van der Waals surface area (Å²) >= 11 is 0. The van der Waals surface area contributed by atoms with E-state index < -0.39 is 0 Å². The number of benzene rings is 2. The molecule has 0 radical (unpaired) electrons. The van der Waals surface area contributed by atoms with Gasteiger partial charge in [-0.2, -0.15) is 5.26 Å². The predicted molar refractivity (Wildman–Crippen MR) is 154 cm³/mol. The van der Waals surface area contributed by atoms with E-state index in [-0.39, 0.29) is 0 Å². The van der Waals surface area contributed by atoms with Crippen molar-refractivity contribution >= 4 is 46.4 Å². The monoisotopic (exact) mass is 487 g/mol. The maximum atomic E-state index is 9.32. The number of hydrogen-bond acceptors (Lipinski definition) is 3. The molecule has 0 unspecified atom stereocenters. The quantitative estimate of drug-likeness (QED) is 0.260. The van der Waals surface area contributed by atoms with Gasteiger partial charge >= 0.3 is 0 Å². The van der Waals surface area contributed by atoms with Crippen molar-refractivity contribution in [3.63, 3.8) is 0 Å². The second-order valence-electron chi connectivity index (χ2n) is 9.26. The number of nitriles is 1. The van der Waals surface area contributed by atoms with Crippen molar-refractivity contribution in [2.45, 2.75) is 0 Å². The maximum absolute atomic E-state index is 9.32. The number of aromatic amines is 2. The van der Waals surface area contributed by atoms with Crippen molar-refractivity contribution in [2.24, 2.45) is 0 Å². The van der Waals surface area contributed by atoms with Crippen LogP contribution in [0.3, 0.4) is 0 Å². The van der Waals surface area contributed by atoms with Gasteiger partial charge in [0.15, 0.2) is 0 Å². The van der Waals surface area contributed by atoms with Crippen LogP contribution < -0.4 is 0 Å². The summed E-state index contributed by atoms with van der Waals surface area (Å²) < 4.78 is 0. The largest absolute Gasteiger partial charge is 0.355 e. The number of H-pyrrole nitrogens is 2. The second kappa shape index (κ2) is 8.88. The first-order valence-corrected chi connectivity index (χ1v) is 12.4. The van der Waals surface area contributed by atoms with Gasteiger partial charge in [0.25, 0.3) is 0 Å². The molecule has 178 valence electrons. The minimum absolute atomic E-state index is 0.622. The Hall–Kier alpha value is -5.47. The van der Waals surface area contributed by atoms with Crippen molar-refractivity contribution in [2.75, 3.05) is 0 Å². The van der Waals surface area contributed by atoms with Crippen LogP contribution in [-0.4, -0.2) is 19.9 Å². The number of fused-ring (bicyclic) bond motifs is 8. The van der Waals surface area contributed by atoms with E-state index in [2.05, 4.69) is 70.7 Å². The number of hydrogen-bond donors (Lipinski definition) is 2. The van der Waals surface area contributed by atoms with Crippen LogP contribution in [0.15, 0.2) is 91.0 Å². The molecule has 0 saturated carbocycles. The van der Waals surface area contributed by atoms with Crippen LogP contribution in [0.2, 0.25) is 0 Å². The summed E-state index contributed by atoms with van der Waals surface area (Å²) in [6.07, 6.45) is 8.18. The molecule has 5 aromatic rings. The lowest BCUT2D eigenvalue weighted by Gasteiger charge is -2.05. The van der Waals surface area contributed by atoms with E-state index in [1.54, 1.807) is 0 Å². The predicted octanol–water partition coefficient (Wildman–Crippen LogP) is 7.86. The molecule has 0 amide bonds. The van der Waals surface area contributed by atoms with E-state index in [0.717, 1.165) is 67.1 Å². The Morgan fingerprint density at radius 2 is 1.11 bits per heavy atom. The lowest BCUT2D eigenvalue weighted by atomic mass is 10.0. The first-order valence-electron chi connectivity index (χ1n) is 12.4. The fraction of sp³-hybridized carbons (Fsp3) is 0. The van der Waals surface area contributed by atoms with E-state index in [1.165, 1.54) is 0 Å².